The molecule has 0 aliphatic carbocycles. The van der Waals surface area contributed by atoms with Gasteiger partial charge in [-0.1, -0.05) is 0 Å². The second-order valence-electron chi connectivity index (χ2n) is 3.96. The topological polar surface area (TPSA) is 99.4 Å². The number of ether oxygens (including phenoxy) is 2. The van der Waals surface area contributed by atoms with E-state index in [2.05, 4.69) is 15.3 Å². The van der Waals surface area contributed by atoms with E-state index in [1.54, 1.807) is 13.8 Å². The van der Waals surface area contributed by atoms with Crippen molar-refractivity contribution < 1.29 is 14.4 Å². The van der Waals surface area contributed by atoms with Crippen molar-refractivity contribution in [3.63, 3.8) is 0 Å². The molecule has 1 atom stereocenters. The van der Waals surface area contributed by atoms with Gasteiger partial charge in [0.25, 0.3) is 5.88 Å². The molecule has 0 fully saturated rings. The summed E-state index contributed by atoms with van der Waals surface area (Å²) >= 11 is 0. The summed E-state index contributed by atoms with van der Waals surface area (Å²) < 4.78 is 10.4. The summed E-state index contributed by atoms with van der Waals surface area (Å²) in [4.78, 5) is 18.6. The van der Waals surface area contributed by atoms with Gasteiger partial charge in [-0.15, -0.1) is 0 Å². The van der Waals surface area contributed by atoms with Crippen LogP contribution in [0.2, 0.25) is 0 Å². The summed E-state index contributed by atoms with van der Waals surface area (Å²) in [5.74, 6) is 0.267. The molecule has 8 heteroatoms. The Balaban J connectivity index is 3.12. The number of nitrogens with one attached hydrogen (secondary N) is 1. The van der Waals surface area contributed by atoms with E-state index >= 15 is 0 Å². The van der Waals surface area contributed by atoms with Gasteiger partial charge in [-0.2, -0.15) is 4.98 Å². The molecule has 0 amide bonds. The van der Waals surface area contributed by atoms with Gasteiger partial charge in [0.2, 0.25) is 5.95 Å². The number of rotatable bonds is 7. The first-order chi connectivity index (χ1) is 8.99. The van der Waals surface area contributed by atoms with Gasteiger partial charge in [-0.3, -0.25) is 10.1 Å². The van der Waals surface area contributed by atoms with Crippen molar-refractivity contribution in [3.05, 3.63) is 15.8 Å². The van der Waals surface area contributed by atoms with E-state index in [1.165, 1.54) is 7.11 Å². The first-order valence-electron chi connectivity index (χ1n) is 5.92. The molecule has 0 aromatic carbocycles. The number of hydrogen-bond donors (Lipinski definition) is 1. The Hall–Kier alpha value is -1.96. The van der Waals surface area contributed by atoms with Gasteiger partial charge in [0.15, 0.2) is 0 Å². The van der Waals surface area contributed by atoms with Crippen molar-refractivity contribution in [3.8, 4) is 5.88 Å². The van der Waals surface area contributed by atoms with E-state index in [0.717, 1.165) is 0 Å². The van der Waals surface area contributed by atoms with Crippen LogP contribution >= 0.6 is 0 Å². The van der Waals surface area contributed by atoms with Crippen molar-refractivity contribution in [2.75, 3.05) is 25.6 Å². The van der Waals surface area contributed by atoms with E-state index in [9.17, 15) is 10.1 Å². The summed E-state index contributed by atoms with van der Waals surface area (Å²) in [6, 6.07) is 0. The molecule has 0 aliphatic heterocycles. The normalized spacial score (nSPS) is 12.0. The number of nitro groups is 1. The third-order valence-electron chi connectivity index (χ3n) is 2.26. The lowest BCUT2D eigenvalue weighted by Gasteiger charge is -2.14. The molecule has 1 aromatic heterocycles. The van der Waals surface area contributed by atoms with Gasteiger partial charge in [-0.05, 0) is 20.8 Å². The van der Waals surface area contributed by atoms with Crippen LogP contribution in [0.4, 0.5) is 11.6 Å². The van der Waals surface area contributed by atoms with E-state index in [0.29, 0.717) is 19.1 Å². The predicted molar refractivity (Wildman–Crippen MR) is 69.6 cm³/mol. The number of aromatic nitrogens is 2. The molecular weight excluding hydrogens is 252 g/mol. The fourth-order valence-corrected chi connectivity index (χ4v) is 1.53. The molecule has 0 saturated heterocycles. The second kappa shape index (κ2) is 6.83. The number of aryl methyl sites for hydroxylation is 1. The SMILES string of the molecule is CCNc1nc(C)c([N+](=O)[O-])c(OC(C)COC)n1. The summed E-state index contributed by atoms with van der Waals surface area (Å²) in [6.07, 6.45) is -0.340. The van der Waals surface area contributed by atoms with Crippen molar-refractivity contribution in [1.29, 1.82) is 0 Å². The summed E-state index contributed by atoms with van der Waals surface area (Å²) in [6.45, 7) is 6.11. The lowest BCUT2D eigenvalue weighted by molar-refractivity contribution is -0.387. The van der Waals surface area contributed by atoms with E-state index in [4.69, 9.17) is 9.47 Å². The molecular formula is C11H18N4O4. The highest BCUT2D eigenvalue weighted by Crippen LogP contribution is 2.29. The van der Waals surface area contributed by atoms with E-state index in [-0.39, 0.29) is 23.4 Å². The largest absolute Gasteiger partial charge is 0.467 e. The molecule has 0 aliphatic rings. The first kappa shape index (κ1) is 15.1. The zero-order valence-corrected chi connectivity index (χ0v) is 11.5. The zero-order valence-electron chi connectivity index (χ0n) is 11.5. The summed E-state index contributed by atoms with van der Waals surface area (Å²) in [5.41, 5.74) is 0.0418. The molecule has 0 spiro atoms. The minimum absolute atomic E-state index is 0.0435. The molecule has 1 heterocycles. The zero-order chi connectivity index (χ0) is 14.4. The molecule has 0 radical (unpaired) electrons. The molecule has 1 rings (SSSR count). The minimum atomic E-state index is -0.542. The van der Waals surface area contributed by atoms with E-state index < -0.39 is 4.92 Å². The number of anilines is 1. The number of nitrogens with zero attached hydrogens (tertiary/aromatic N) is 3. The van der Waals surface area contributed by atoms with Crippen LogP contribution in [0.15, 0.2) is 0 Å². The smallest absolute Gasteiger partial charge is 0.352 e. The monoisotopic (exact) mass is 270 g/mol. The lowest BCUT2D eigenvalue weighted by Crippen LogP contribution is -2.20. The Morgan fingerprint density at radius 2 is 2.16 bits per heavy atom. The van der Waals surface area contributed by atoms with Gasteiger partial charge < -0.3 is 14.8 Å². The third kappa shape index (κ3) is 4.02. The van der Waals surface area contributed by atoms with Gasteiger partial charge in [0.05, 0.1) is 11.5 Å². The average molecular weight is 270 g/mol. The highest BCUT2D eigenvalue weighted by Gasteiger charge is 2.25. The maximum atomic E-state index is 11.0. The first-order valence-corrected chi connectivity index (χ1v) is 5.92. The molecule has 1 N–H and O–H groups in total. The van der Waals surface area contributed by atoms with Crippen LogP contribution in [0.5, 0.6) is 5.88 Å². The maximum absolute atomic E-state index is 11.0. The Morgan fingerprint density at radius 1 is 1.47 bits per heavy atom. The maximum Gasteiger partial charge on any atom is 0.352 e. The van der Waals surface area contributed by atoms with Crippen LogP contribution in [-0.2, 0) is 4.74 Å². The Kier molecular flexibility index (Phi) is 5.43. The van der Waals surface area contributed by atoms with E-state index in [1.807, 2.05) is 6.92 Å². The van der Waals surface area contributed by atoms with Gasteiger partial charge in [-0.25, -0.2) is 4.98 Å². The Bertz CT molecular complexity index is 453. The molecule has 106 valence electrons. The van der Waals surface area contributed by atoms with Crippen LogP contribution in [0.25, 0.3) is 0 Å². The van der Waals surface area contributed by atoms with Crippen LogP contribution in [-0.4, -0.2) is 41.3 Å². The number of hydrogen-bond acceptors (Lipinski definition) is 7. The molecule has 1 aromatic rings. The van der Waals surface area contributed by atoms with Gasteiger partial charge in [0, 0.05) is 13.7 Å². The summed E-state index contributed by atoms with van der Waals surface area (Å²) in [5, 5.41) is 13.9. The lowest BCUT2D eigenvalue weighted by atomic mass is 10.3. The van der Waals surface area contributed by atoms with Gasteiger partial charge in [0.1, 0.15) is 11.8 Å². The predicted octanol–water partition coefficient (Wildman–Crippen LogP) is 1.54. The van der Waals surface area contributed by atoms with Crippen LogP contribution in [0.3, 0.4) is 0 Å². The Labute approximate surface area is 111 Å². The molecule has 8 nitrogen and oxygen atoms in total. The molecule has 0 bridgehead atoms. The summed E-state index contributed by atoms with van der Waals surface area (Å²) in [7, 11) is 1.53. The fraction of sp³-hybridized carbons (Fsp3) is 0.636. The molecule has 1 unspecified atom stereocenters. The van der Waals surface area contributed by atoms with Crippen LogP contribution in [0, 0.1) is 17.0 Å². The molecule has 0 saturated carbocycles. The standard InChI is InChI=1S/C11H18N4O4/c1-5-12-11-13-8(3)9(15(16)17)10(14-11)19-7(2)6-18-4/h7H,5-6H2,1-4H3,(H,12,13,14). The Morgan fingerprint density at radius 3 is 2.68 bits per heavy atom. The highest BCUT2D eigenvalue weighted by atomic mass is 16.6. The van der Waals surface area contributed by atoms with Crippen molar-refractivity contribution in [2.24, 2.45) is 0 Å². The van der Waals surface area contributed by atoms with Crippen LogP contribution in [0.1, 0.15) is 19.5 Å². The van der Waals surface area contributed by atoms with Crippen LogP contribution < -0.4 is 10.1 Å². The van der Waals surface area contributed by atoms with Crippen molar-refractivity contribution >= 4 is 11.6 Å². The number of methoxy groups -OCH3 is 1. The highest BCUT2D eigenvalue weighted by molar-refractivity contribution is 5.48. The average Bonchev–Trinajstić information content (AvgIpc) is 2.28. The van der Waals surface area contributed by atoms with Crippen molar-refractivity contribution in [1.82, 2.24) is 9.97 Å². The second-order valence-corrected chi connectivity index (χ2v) is 3.96. The fourth-order valence-electron chi connectivity index (χ4n) is 1.53. The van der Waals surface area contributed by atoms with Gasteiger partial charge >= 0.3 is 5.69 Å². The third-order valence-corrected chi connectivity index (χ3v) is 2.26. The molecule has 19 heavy (non-hydrogen) atoms. The quantitative estimate of drug-likeness (QED) is 0.592. The van der Waals surface area contributed by atoms with Crippen molar-refractivity contribution in [2.45, 2.75) is 26.9 Å². The minimum Gasteiger partial charge on any atom is -0.467 e.